The molecule has 0 saturated heterocycles. The number of carbonyl (C=O) groups is 1. The Morgan fingerprint density at radius 1 is 1.40 bits per heavy atom. The van der Waals surface area contributed by atoms with Crippen LogP contribution in [0, 0.1) is 0 Å². The van der Waals surface area contributed by atoms with Crippen LogP contribution in [0.25, 0.3) is 0 Å². The third-order valence-electron chi connectivity index (χ3n) is 2.66. The van der Waals surface area contributed by atoms with Crippen LogP contribution in [0.4, 0.5) is 0 Å². The van der Waals surface area contributed by atoms with E-state index in [2.05, 4.69) is 5.32 Å². The lowest BCUT2D eigenvalue weighted by molar-refractivity contribution is -0.145. The molecule has 0 aliphatic heterocycles. The molecule has 0 aromatic heterocycles. The van der Waals surface area contributed by atoms with Crippen LogP contribution in [0.1, 0.15) is 34.1 Å². The molecule has 15 heavy (non-hydrogen) atoms. The molecular weight excluding hydrogens is 192 g/mol. The normalized spacial score (nSPS) is 17.9. The molecule has 0 spiro atoms. The minimum Gasteiger partial charge on any atom is -0.480 e. The summed E-state index contributed by atoms with van der Waals surface area (Å²) in [6.45, 7) is 7.70. The topological polar surface area (TPSA) is 52.6 Å². The lowest BCUT2D eigenvalue weighted by Gasteiger charge is -2.33. The maximum absolute atomic E-state index is 11.2. The highest BCUT2D eigenvalue weighted by Gasteiger charge is 2.35. The molecule has 4 nitrogen and oxygen atoms in total. The second-order valence-electron chi connectivity index (χ2n) is 4.95. The van der Waals surface area contributed by atoms with Gasteiger partial charge in [-0.2, -0.15) is 0 Å². The van der Waals surface area contributed by atoms with E-state index >= 15 is 0 Å². The highest BCUT2D eigenvalue weighted by atomic mass is 16.4. The first kappa shape index (κ1) is 14.4. The fraction of sp³-hybridized carbons (Fsp3) is 0.909. The zero-order valence-electron chi connectivity index (χ0n) is 10.7. The third kappa shape index (κ3) is 4.62. The van der Waals surface area contributed by atoms with E-state index in [1.165, 1.54) is 0 Å². The van der Waals surface area contributed by atoms with Gasteiger partial charge in [0.2, 0.25) is 0 Å². The number of rotatable bonds is 6. The van der Waals surface area contributed by atoms with Crippen LogP contribution in [0.5, 0.6) is 0 Å². The van der Waals surface area contributed by atoms with Gasteiger partial charge in [0.1, 0.15) is 5.54 Å². The van der Waals surface area contributed by atoms with Crippen molar-refractivity contribution < 1.29 is 9.90 Å². The first-order valence-electron chi connectivity index (χ1n) is 5.36. The second kappa shape index (κ2) is 5.47. The van der Waals surface area contributed by atoms with Crippen LogP contribution in [0.15, 0.2) is 0 Å². The van der Waals surface area contributed by atoms with E-state index in [-0.39, 0.29) is 12.1 Å². The van der Waals surface area contributed by atoms with Crippen molar-refractivity contribution in [2.24, 2.45) is 0 Å². The van der Waals surface area contributed by atoms with E-state index in [4.69, 9.17) is 0 Å². The molecule has 0 aliphatic rings. The number of carboxylic acid groups (broad SMARTS) is 1. The highest BCUT2D eigenvalue weighted by molar-refractivity contribution is 5.78. The Morgan fingerprint density at radius 3 is 2.13 bits per heavy atom. The van der Waals surface area contributed by atoms with Gasteiger partial charge < -0.3 is 10.0 Å². The standard InChI is InChI=1S/C11H24N2O2/c1-8(2)12-11(4,10(14)15)7-9(3)13(5)6/h8-9,12H,7H2,1-6H3,(H,14,15). The predicted molar refractivity (Wildman–Crippen MR) is 62.1 cm³/mol. The molecule has 0 aliphatic carbocycles. The largest absolute Gasteiger partial charge is 0.480 e. The Hall–Kier alpha value is -0.610. The summed E-state index contributed by atoms with van der Waals surface area (Å²) in [6.07, 6.45) is 0.591. The van der Waals surface area contributed by atoms with Crippen molar-refractivity contribution in [2.75, 3.05) is 14.1 Å². The number of nitrogens with one attached hydrogen (secondary N) is 1. The molecule has 2 N–H and O–H groups in total. The summed E-state index contributed by atoms with van der Waals surface area (Å²) in [4.78, 5) is 13.3. The molecule has 0 heterocycles. The summed E-state index contributed by atoms with van der Waals surface area (Å²) >= 11 is 0. The number of hydrogen-bond donors (Lipinski definition) is 2. The maximum atomic E-state index is 11.2. The average Bonchev–Trinajstić information content (AvgIpc) is 2.01. The molecule has 0 radical (unpaired) electrons. The van der Waals surface area contributed by atoms with Gasteiger partial charge in [0, 0.05) is 12.1 Å². The fourth-order valence-electron chi connectivity index (χ4n) is 1.62. The van der Waals surface area contributed by atoms with Gasteiger partial charge >= 0.3 is 5.97 Å². The van der Waals surface area contributed by atoms with Crippen molar-refractivity contribution in [1.82, 2.24) is 10.2 Å². The van der Waals surface area contributed by atoms with Crippen LogP contribution in [0.2, 0.25) is 0 Å². The summed E-state index contributed by atoms with van der Waals surface area (Å²) in [5, 5.41) is 12.3. The van der Waals surface area contributed by atoms with Gasteiger partial charge in [0.05, 0.1) is 0 Å². The van der Waals surface area contributed by atoms with Crippen molar-refractivity contribution >= 4 is 5.97 Å². The van der Waals surface area contributed by atoms with Gasteiger partial charge in [0.15, 0.2) is 0 Å². The summed E-state index contributed by atoms with van der Waals surface area (Å²) in [5.41, 5.74) is -0.849. The molecule has 0 aromatic carbocycles. The van der Waals surface area contributed by atoms with E-state index < -0.39 is 11.5 Å². The van der Waals surface area contributed by atoms with Crippen molar-refractivity contribution in [3.05, 3.63) is 0 Å². The minimum absolute atomic E-state index is 0.167. The zero-order chi connectivity index (χ0) is 12.2. The van der Waals surface area contributed by atoms with Crippen molar-refractivity contribution in [1.29, 1.82) is 0 Å². The van der Waals surface area contributed by atoms with Gasteiger partial charge in [-0.3, -0.25) is 10.1 Å². The molecule has 4 heteroatoms. The van der Waals surface area contributed by atoms with Gasteiger partial charge in [-0.05, 0) is 48.2 Å². The SMILES string of the molecule is CC(C)NC(C)(CC(C)N(C)C)C(=O)O. The number of hydrogen-bond acceptors (Lipinski definition) is 3. The molecule has 90 valence electrons. The van der Waals surface area contributed by atoms with E-state index in [1.807, 2.05) is 39.8 Å². The Kier molecular flexibility index (Phi) is 5.24. The summed E-state index contributed by atoms with van der Waals surface area (Å²) in [7, 11) is 3.92. The molecule has 2 atom stereocenters. The third-order valence-corrected chi connectivity index (χ3v) is 2.66. The Bertz CT molecular complexity index is 217. The lowest BCUT2D eigenvalue weighted by Crippen LogP contribution is -2.55. The monoisotopic (exact) mass is 216 g/mol. The quantitative estimate of drug-likeness (QED) is 0.700. The summed E-state index contributed by atoms with van der Waals surface area (Å²) in [6, 6.07) is 0.401. The van der Waals surface area contributed by atoms with Crippen LogP contribution >= 0.6 is 0 Å². The van der Waals surface area contributed by atoms with Crippen LogP contribution in [-0.4, -0.2) is 47.7 Å². The van der Waals surface area contributed by atoms with E-state index in [9.17, 15) is 9.90 Å². The smallest absolute Gasteiger partial charge is 0.323 e. The molecule has 0 bridgehead atoms. The molecule has 0 fully saturated rings. The van der Waals surface area contributed by atoms with Gasteiger partial charge in [-0.15, -0.1) is 0 Å². The maximum Gasteiger partial charge on any atom is 0.323 e. The lowest BCUT2D eigenvalue weighted by atomic mass is 9.92. The highest BCUT2D eigenvalue weighted by Crippen LogP contribution is 2.16. The molecule has 0 saturated carbocycles. The molecule has 0 aromatic rings. The van der Waals surface area contributed by atoms with E-state index in [1.54, 1.807) is 6.92 Å². The van der Waals surface area contributed by atoms with Crippen LogP contribution < -0.4 is 5.32 Å². The van der Waals surface area contributed by atoms with Gasteiger partial charge in [-0.25, -0.2) is 0 Å². The number of carboxylic acids is 1. The van der Waals surface area contributed by atoms with E-state index in [0.717, 1.165) is 0 Å². The summed E-state index contributed by atoms with van der Waals surface area (Å²) < 4.78 is 0. The zero-order valence-corrected chi connectivity index (χ0v) is 10.7. The fourth-order valence-corrected chi connectivity index (χ4v) is 1.62. The number of nitrogens with zero attached hydrogens (tertiary/aromatic N) is 1. The molecule has 0 rings (SSSR count). The first-order valence-corrected chi connectivity index (χ1v) is 5.36. The predicted octanol–water partition coefficient (Wildman–Crippen LogP) is 1.17. The van der Waals surface area contributed by atoms with Crippen molar-refractivity contribution in [3.8, 4) is 0 Å². The summed E-state index contributed by atoms with van der Waals surface area (Å²) in [5.74, 6) is -0.787. The van der Waals surface area contributed by atoms with Crippen molar-refractivity contribution in [2.45, 2.75) is 51.7 Å². The Balaban J connectivity index is 4.58. The number of aliphatic carboxylic acids is 1. The molecule has 0 amide bonds. The molecular formula is C11H24N2O2. The average molecular weight is 216 g/mol. The van der Waals surface area contributed by atoms with Gasteiger partial charge in [0.25, 0.3) is 0 Å². The second-order valence-corrected chi connectivity index (χ2v) is 4.95. The Labute approximate surface area is 92.7 Å². The van der Waals surface area contributed by atoms with Crippen LogP contribution in [0.3, 0.4) is 0 Å². The van der Waals surface area contributed by atoms with E-state index in [0.29, 0.717) is 6.42 Å². The minimum atomic E-state index is -0.849. The van der Waals surface area contributed by atoms with Crippen molar-refractivity contribution in [3.63, 3.8) is 0 Å². The molecule has 2 unspecified atom stereocenters. The van der Waals surface area contributed by atoms with Crippen LogP contribution in [-0.2, 0) is 4.79 Å². The Morgan fingerprint density at radius 2 is 1.87 bits per heavy atom. The first-order chi connectivity index (χ1) is 6.69. The van der Waals surface area contributed by atoms with Gasteiger partial charge in [-0.1, -0.05) is 0 Å².